The van der Waals surface area contributed by atoms with Crippen molar-refractivity contribution in [3.05, 3.63) is 71.8 Å². The topological polar surface area (TPSA) is 70.7 Å². The summed E-state index contributed by atoms with van der Waals surface area (Å²) in [6.45, 7) is 7.18. The van der Waals surface area contributed by atoms with Crippen LogP contribution in [0.2, 0.25) is 0 Å². The first-order valence-electron chi connectivity index (χ1n) is 12.9. The molecular weight excluding hydrogens is 438 g/mol. The zero-order valence-electron chi connectivity index (χ0n) is 21.5. The maximum Gasteiger partial charge on any atom is 0.406 e. The Bertz CT molecular complexity index is 913. The van der Waals surface area contributed by atoms with E-state index in [2.05, 4.69) is 77.1 Å². The average Bonchev–Trinajstić information content (AvgIpc) is 2.87. The Morgan fingerprint density at radius 1 is 1.06 bits per heavy atom. The van der Waals surface area contributed by atoms with Gasteiger partial charge < -0.3 is 15.4 Å². The molecule has 0 aliphatic carbocycles. The van der Waals surface area contributed by atoms with E-state index in [1.165, 1.54) is 18.2 Å². The van der Waals surface area contributed by atoms with Crippen molar-refractivity contribution in [3.63, 3.8) is 0 Å². The SMILES string of the molecule is CCCC(CC(CNC(=O)OC)(c1ccccc1)C1CCN(Cc2ccccc2)CC1)NC(C)=O. The van der Waals surface area contributed by atoms with Crippen molar-refractivity contribution in [1.29, 1.82) is 0 Å². The molecule has 0 bridgehead atoms. The second kappa shape index (κ2) is 13.3. The van der Waals surface area contributed by atoms with Crippen LogP contribution >= 0.6 is 0 Å². The van der Waals surface area contributed by atoms with Crippen molar-refractivity contribution >= 4 is 12.0 Å². The highest BCUT2D eigenvalue weighted by Gasteiger charge is 2.43. The number of piperidine rings is 1. The number of hydrogen-bond donors (Lipinski definition) is 2. The van der Waals surface area contributed by atoms with Gasteiger partial charge in [-0.15, -0.1) is 0 Å². The molecule has 0 spiro atoms. The largest absolute Gasteiger partial charge is 0.453 e. The van der Waals surface area contributed by atoms with E-state index in [1.807, 2.05) is 6.07 Å². The van der Waals surface area contributed by atoms with Gasteiger partial charge in [0.2, 0.25) is 5.91 Å². The molecule has 1 aliphatic rings. The molecule has 190 valence electrons. The lowest BCUT2D eigenvalue weighted by atomic mass is 9.63. The summed E-state index contributed by atoms with van der Waals surface area (Å²) < 4.78 is 4.94. The molecule has 1 saturated heterocycles. The molecule has 0 saturated carbocycles. The van der Waals surface area contributed by atoms with Crippen molar-refractivity contribution in [2.75, 3.05) is 26.7 Å². The zero-order chi connectivity index (χ0) is 25.1. The number of amides is 2. The van der Waals surface area contributed by atoms with E-state index in [1.54, 1.807) is 6.92 Å². The van der Waals surface area contributed by atoms with Crippen molar-refractivity contribution in [2.45, 2.75) is 64.0 Å². The molecule has 1 heterocycles. The summed E-state index contributed by atoms with van der Waals surface area (Å²) in [4.78, 5) is 26.8. The van der Waals surface area contributed by atoms with E-state index in [-0.39, 0.29) is 17.4 Å². The molecule has 6 nitrogen and oxygen atoms in total. The second-order valence-corrected chi connectivity index (χ2v) is 9.79. The normalized spacial score (nSPS) is 17.2. The quantitative estimate of drug-likeness (QED) is 0.482. The number of carbonyl (C=O) groups excluding carboxylic acids is 2. The monoisotopic (exact) mass is 479 g/mol. The first-order chi connectivity index (χ1) is 17.0. The number of nitrogens with zero attached hydrogens (tertiary/aromatic N) is 1. The molecule has 2 aromatic carbocycles. The third kappa shape index (κ3) is 7.56. The molecule has 2 amide bonds. The Kier molecular flexibility index (Phi) is 10.2. The lowest BCUT2D eigenvalue weighted by Gasteiger charge is -2.47. The van der Waals surface area contributed by atoms with Gasteiger partial charge in [0.25, 0.3) is 0 Å². The van der Waals surface area contributed by atoms with Gasteiger partial charge in [0.1, 0.15) is 0 Å². The molecule has 1 aliphatic heterocycles. The van der Waals surface area contributed by atoms with Gasteiger partial charge in [-0.3, -0.25) is 9.69 Å². The van der Waals surface area contributed by atoms with Gasteiger partial charge in [-0.25, -0.2) is 4.79 Å². The first-order valence-corrected chi connectivity index (χ1v) is 12.9. The molecule has 2 N–H and O–H groups in total. The predicted octanol–water partition coefficient (Wildman–Crippen LogP) is 4.89. The van der Waals surface area contributed by atoms with Crippen LogP contribution in [0.4, 0.5) is 4.79 Å². The third-order valence-electron chi connectivity index (χ3n) is 7.36. The molecule has 2 atom stereocenters. The summed E-state index contributed by atoms with van der Waals surface area (Å²) in [5.41, 5.74) is 2.24. The molecule has 0 radical (unpaired) electrons. The van der Waals surface area contributed by atoms with E-state index >= 15 is 0 Å². The Hall–Kier alpha value is -2.86. The summed E-state index contributed by atoms with van der Waals surface area (Å²) >= 11 is 0. The van der Waals surface area contributed by atoms with E-state index in [0.29, 0.717) is 12.5 Å². The number of rotatable bonds is 11. The second-order valence-electron chi connectivity index (χ2n) is 9.79. The maximum absolute atomic E-state index is 12.2. The molecular formula is C29H41N3O3. The molecule has 3 rings (SSSR count). The minimum Gasteiger partial charge on any atom is -0.453 e. The molecule has 6 heteroatoms. The van der Waals surface area contributed by atoms with Gasteiger partial charge in [0, 0.05) is 31.5 Å². The minimum atomic E-state index is -0.418. The summed E-state index contributed by atoms with van der Waals surface area (Å²) in [6, 6.07) is 21.2. The summed E-state index contributed by atoms with van der Waals surface area (Å²) in [5.74, 6) is 0.353. The maximum atomic E-state index is 12.2. The third-order valence-corrected chi connectivity index (χ3v) is 7.36. The van der Waals surface area contributed by atoms with Gasteiger partial charge in [-0.2, -0.15) is 0 Å². The lowest BCUT2D eigenvalue weighted by molar-refractivity contribution is -0.119. The van der Waals surface area contributed by atoms with Crippen LogP contribution in [0.3, 0.4) is 0 Å². The number of alkyl carbamates (subject to hydrolysis) is 1. The fraction of sp³-hybridized carbons (Fsp3) is 0.517. The molecule has 1 fully saturated rings. The summed E-state index contributed by atoms with van der Waals surface area (Å²) in [5, 5.41) is 6.23. The highest BCUT2D eigenvalue weighted by molar-refractivity contribution is 5.73. The van der Waals surface area contributed by atoms with Crippen LogP contribution in [-0.2, 0) is 21.5 Å². The van der Waals surface area contributed by atoms with Crippen molar-refractivity contribution < 1.29 is 14.3 Å². The fourth-order valence-electron chi connectivity index (χ4n) is 5.70. The molecule has 0 aromatic heterocycles. The van der Waals surface area contributed by atoms with Gasteiger partial charge in [-0.1, -0.05) is 74.0 Å². The number of likely N-dealkylation sites (tertiary alicyclic amines) is 1. The number of methoxy groups -OCH3 is 1. The Labute approximate surface area is 210 Å². The standard InChI is InChI=1S/C29H41N3O3/c1-4-11-27(31-23(2)33)20-29(22-30-28(34)35-3,25-14-9-6-10-15-25)26-16-18-32(19-17-26)21-24-12-7-5-8-13-24/h5-10,12-15,26-27H,4,11,16-22H2,1-3H3,(H,30,34)(H,31,33). The van der Waals surface area contributed by atoms with E-state index in [9.17, 15) is 9.59 Å². The molecule has 2 unspecified atom stereocenters. The zero-order valence-corrected chi connectivity index (χ0v) is 21.5. The van der Waals surface area contributed by atoms with E-state index in [4.69, 9.17) is 4.74 Å². The van der Waals surface area contributed by atoms with Crippen molar-refractivity contribution in [1.82, 2.24) is 15.5 Å². The van der Waals surface area contributed by atoms with Crippen LogP contribution < -0.4 is 10.6 Å². The van der Waals surface area contributed by atoms with Crippen LogP contribution in [-0.4, -0.2) is 49.7 Å². The van der Waals surface area contributed by atoms with Gasteiger partial charge in [0.15, 0.2) is 0 Å². The number of nitrogens with one attached hydrogen (secondary N) is 2. The average molecular weight is 480 g/mol. The number of ether oxygens (including phenoxy) is 1. The van der Waals surface area contributed by atoms with Crippen LogP contribution in [0.5, 0.6) is 0 Å². The fourth-order valence-corrected chi connectivity index (χ4v) is 5.70. The number of hydrogen-bond acceptors (Lipinski definition) is 4. The smallest absolute Gasteiger partial charge is 0.406 e. The number of carbonyl (C=O) groups is 2. The van der Waals surface area contributed by atoms with Gasteiger partial charge in [0.05, 0.1) is 7.11 Å². The van der Waals surface area contributed by atoms with Crippen molar-refractivity contribution in [2.24, 2.45) is 5.92 Å². The Morgan fingerprint density at radius 3 is 2.26 bits per heavy atom. The van der Waals surface area contributed by atoms with E-state index < -0.39 is 6.09 Å². The Balaban J connectivity index is 1.89. The van der Waals surface area contributed by atoms with Crippen LogP contribution in [0.25, 0.3) is 0 Å². The van der Waals surface area contributed by atoms with Crippen molar-refractivity contribution in [3.8, 4) is 0 Å². The van der Waals surface area contributed by atoms with Crippen LogP contribution in [0.15, 0.2) is 60.7 Å². The van der Waals surface area contributed by atoms with Crippen LogP contribution in [0, 0.1) is 5.92 Å². The summed E-state index contributed by atoms with van der Waals surface area (Å²) in [6.07, 6.45) is 4.30. The summed E-state index contributed by atoms with van der Waals surface area (Å²) in [7, 11) is 1.40. The molecule has 2 aromatic rings. The highest BCUT2D eigenvalue weighted by atomic mass is 16.5. The highest BCUT2D eigenvalue weighted by Crippen LogP contribution is 2.43. The number of benzene rings is 2. The molecule has 35 heavy (non-hydrogen) atoms. The predicted molar refractivity (Wildman–Crippen MR) is 140 cm³/mol. The lowest BCUT2D eigenvalue weighted by Crippen LogP contribution is -2.53. The first kappa shape index (κ1) is 26.7. The van der Waals surface area contributed by atoms with Crippen LogP contribution in [0.1, 0.15) is 57.1 Å². The van der Waals surface area contributed by atoms with Gasteiger partial charge >= 0.3 is 6.09 Å². The Morgan fingerprint density at radius 2 is 1.69 bits per heavy atom. The minimum absolute atomic E-state index is 0.0102. The van der Waals surface area contributed by atoms with E-state index in [0.717, 1.165) is 51.7 Å². The van der Waals surface area contributed by atoms with Gasteiger partial charge in [-0.05, 0) is 55.8 Å².